The summed E-state index contributed by atoms with van der Waals surface area (Å²) >= 11 is 1.58. The fourth-order valence-electron chi connectivity index (χ4n) is 3.25. The highest BCUT2D eigenvalue weighted by Gasteiger charge is 2.11. The molecule has 1 aromatic heterocycles. The van der Waals surface area contributed by atoms with Gasteiger partial charge in [-0.15, -0.1) is 11.3 Å². The molecule has 1 heterocycles. The Bertz CT molecular complexity index is 1210. The lowest BCUT2D eigenvalue weighted by Gasteiger charge is -2.09. The van der Waals surface area contributed by atoms with Crippen molar-refractivity contribution in [3.63, 3.8) is 0 Å². The summed E-state index contributed by atoms with van der Waals surface area (Å²) in [6.45, 7) is 1.62. The Labute approximate surface area is 178 Å². The minimum absolute atomic E-state index is 0.118. The maximum atomic E-state index is 12.2. The summed E-state index contributed by atoms with van der Waals surface area (Å²) in [5.74, 6) is -0.818. The van der Waals surface area contributed by atoms with Crippen LogP contribution in [-0.2, 0) is 20.7 Å². The van der Waals surface area contributed by atoms with Crippen molar-refractivity contribution in [2.45, 2.75) is 13.3 Å². The SMILES string of the molecule is Cc1nc(-c2cccc(NC(=O)COC(=O)Cc3cccc4ccccc34)c2)cs1. The Morgan fingerprint density at radius 1 is 1.03 bits per heavy atom. The van der Waals surface area contributed by atoms with Crippen molar-refractivity contribution in [2.75, 3.05) is 11.9 Å². The Kier molecular flexibility index (Phi) is 5.86. The minimum Gasteiger partial charge on any atom is -0.455 e. The molecule has 1 N–H and O–H groups in total. The average molecular weight is 417 g/mol. The van der Waals surface area contributed by atoms with Crippen LogP contribution in [0.15, 0.2) is 72.1 Å². The van der Waals surface area contributed by atoms with E-state index in [1.807, 2.05) is 73.0 Å². The predicted molar refractivity (Wildman–Crippen MR) is 120 cm³/mol. The van der Waals surface area contributed by atoms with Gasteiger partial charge >= 0.3 is 5.97 Å². The fourth-order valence-corrected chi connectivity index (χ4v) is 3.87. The molecule has 0 saturated heterocycles. The molecule has 6 heteroatoms. The molecule has 150 valence electrons. The summed E-state index contributed by atoms with van der Waals surface area (Å²) in [5.41, 5.74) is 3.30. The van der Waals surface area contributed by atoms with Gasteiger partial charge in [-0.3, -0.25) is 9.59 Å². The molecule has 3 aromatic carbocycles. The smallest absolute Gasteiger partial charge is 0.310 e. The monoisotopic (exact) mass is 416 g/mol. The minimum atomic E-state index is -0.437. The second-order valence-electron chi connectivity index (χ2n) is 6.86. The topological polar surface area (TPSA) is 68.3 Å². The van der Waals surface area contributed by atoms with Gasteiger partial charge in [0.25, 0.3) is 5.91 Å². The molecule has 0 aliphatic heterocycles. The van der Waals surface area contributed by atoms with Crippen molar-refractivity contribution in [1.82, 2.24) is 4.98 Å². The number of carbonyl (C=O) groups excluding carboxylic acids is 2. The number of anilines is 1. The van der Waals surface area contributed by atoms with E-state index >= 15 is 0 Å². The first-order valence-electron chi connectivity index (χ1n) is 9.53. The molecule has 1 amide bonds. The van der Waals surface area contributed by atoms with Gasteiger partial charge in [0.2, 0.25) is 0 Å². The second-order valence-corrected chi connectivity index (χ2v) is 7.92. The lowest BCUT2D eigenvalue weighted by Crippen LogP contribution is -2.21. The van der Waals surface area contributed by atoms with E-state index in [0.29, 0.717) is 5.69 Å². The van der Waals surface area contributed by atoms with Crippen molar-refractivity contribution < 1.29 is 14.3 Å². The Morgan fingerprint density at radius 2 is 1.83 bits per heavy atom. The van der Waals surface area contributed by atoms with Gasteiger partial charge in [-0.25, -0.2) is 4.98 Å². The zero-order chi connectivity index (χ0) is 20.9. The number of nitrogens with zero attached hydrogens (tertiary/aromatic N) is 1. The van der Waals surface area contributed by atoms with Crippen molar-refractivity contribution >= 4 is 39.7 Å². The number of ether oxygens (including phenoxy) is 1. The van der Waals surface area contributed by atoms with E-state index < -0.39 is 5.97 Å². The van der Waals surface area contributed by atoms with E-state index in [9.17, 15) is 9.59 Å². The lowest BCUT2D eigenvalue weighted by molar-refractivity contribution is -0.146. The van der Waals surface area contributed by atoms with E-state index in [2.05, 4.69) is 10.3 Å². The van der Waals surface area contributed by atoms with Crippen LogP contribution >= 0.6 is 11.3 Å². The third kappa shape index (κ3) is 4.72. The van der Waals surface area contributed by atoms with Crippen molar-refractivity contribution in [3.8, 4) is 11.3 Å². The molecule has 30 heavy (non-hydrogen) atoms. The van der Waals surface area contributed by atoms with Crippen LogP contribution < -0.4 is 5.32 Å². The number of hydrogen-bond acceptors (Lipinski definition) is 5. The molecule has 4 rings (SSSR count). The van der Waals surface area contributed by atoms with Gasteiger partial charge in [0.15, 0.2) is 6.61 Å². The molecular weight excluding hydrogens is 396 g/mol. The van der Waals surface area contributed by atoms with Crippen LogP contribution in [0.5, 0.6) is 0 Å². The highest BCUT2D eigenvalue weighted by Crippen LogP contribution is 2.24. The molecule has 0 radical (unpaired) electrons. The third-order valence-electron chi connectivity index (χ3n) is 4.64. The number of rotatable bonds is 6. The van der Waals surface area contributed by atoms with Crippen LogP contribution in [0, 0.1) is 6.92 Å². The van der Waals surface area contributed by atoms with E-state index in [0.717, 1.165) is 32.6 Å². The van der Waals surface area contributed by atoms with Crippen molar-refractivity contribution in [2.24, 2.45) is 0 Å². The highest BCUT2D eigenvalue weighted by atomic mass is 32.1. The number of fused-ring (bicyclic) bond motifs is 1. The van der Waals surface area contributed by atoms with E-state index in [-0.39, 0.29) is 18.9 Å². The molecule has 0 spiro atoms. The van der Waals surface area contributed by atoms with Gasteiger partial charge < -0.3 is 10.1 Å². The highest BCUT2D eigenvalue weighted by molar-refractivity contribution is 7.09. The average Bonchev–Trinajstić information content (AvgIpc) is 3.19. The number of carbonyl (C=O) groups is 2. The molecule has 0 aliphatic rings. The normalized spacial score (nSPS) is 10.7. The van der Waals surface area contributed by atoms with Gasteiger partial charge in [-0.2, -0.15) is 0 Å². The maximum absolute atomic E-state index is 12.2. The maximum Gasteiger partial charge on any atom is 0.310 e. The number of hydrogen-bond donors (Lipinski definition) is 1. The second kappa shape index (κ2) is 8.88. The van der Waals surface area contributed by atoms with Crippen LogP contribution in [-0.4, -0.2) is 23.5 Å². The zero-order valence-electron chi connectivity index (χ0n) is 16.4. The largest absolute Gasteiger partial charge is 0.455 e. The molecular formula is C24H20N2O3S. The van der Waals surface area contributed by atoms with Crippen LogP contribution in [0.25, 0.3) is 22.0 Å². The molecule has 0 unspecified atom stereocenters. The van der Waals surface area contributed by atoms with E-state index in [1.165, 1.54) is 0 Å². The molecule has 0 bridgehead atoms. The lowest BCUT2D eigenvalue weighted by atomic mass is 10.0. The number of amides is 1. The van der Waals surface area contributed by atoms with Gasteiger partial charge in [0, 0.05) is 16.6 Å². The van der Waals surface area contributed by atoms with Crippen molar-refractivity contribution in [1.29, 1.82) is 0 Å². The van der Waals surface area contributed by atoms with Gasteiger partial charge in [0.05, 0.1) is 17.1 Å². The number of nitrogens with one attached hydrogen (secondary N) is 1. The molecule has 0 atom stereocenters. The summed E-state index contributed by atoms with van der Waals surface area (Å²) in [5, 5.41) is 7.80. The Hall–Kier alpha value is -3.51. The fraction of sp³-hybridized carbons (Fsp3) is 0.125. The zero-order valence-corrected chi connectivity index (χ0v) is 17.2. The van der Waals surface area contributed by atoms with Gasteiger partial charge in [-0.05, 0) is 35.4 Å². The predicted octanol–water partition coefficient (Wildman–Crippen LogP) is 5.00. The quantitative estimate of drug-likeness (QED) is 0.449. The molecule has 0 aliphatic carbocycles. The molecule has 0 saturated carbocycles. The van der Waals surface area contributed by atoms with Crippen LogP contribution in [0.1, 0.15) is 10.6 Å². The summed E-state index contributed by atoms with van der Waals surface area (Å²) in [6, 6.07) is 21.1. The number of thiazole rings is 1. The number of aryl methyl sites for hydroxylation is 1. The first kappa shape index (κ1) is 19.8. The third-order valence-corrected chi connectivity index (χ3v) is 5.41. The number of benzene rings is 3. The summed E-state index contributed by atoms with van der Waals surface area (Å²) in [6.07, 6.45) is 0.118. The molecule has 0 fully saturated rings. The van der Waals surface area contributed by atoms with Gasteiger partial charge in [-0.1, -0.05) is 54.6 Å². The number of esters is 1. The number of aromatic nitrogens is 1. The van der Waals surface area contributed by atoms with Crippen LogP contribution in [0.4, 0.5) is 5.69 Å². The summed E-state index contributed by atoms with van der Waals surface area (Å²) < 4.78 is 5.19. The van der Waals surface area contributed by atoms with E-state index in [4.69, 9.17) is 4.74 Å². The summed E-state index contributed by atoms with van der Waals surface area (Å²) in [7, 11) is 0. The Morgan fingerprint density at radius 3 is 2.67 bits per heavy atom. The first-order valence-corrected chi connectivity index (χ1v) is 10.4. The van der Waals surface area contributed by atoms with Crippen LogP contribution in [0.2, 0.25) is 0 Å². The van der Waals surface area contributed by atoms with Gasteiger partial charge in [0.1, 0.15) is 0 Å². The standard InChI is InChI=1S/C24H20N2O3S/c1-16-25-22(15-30-16)19-9-5-10-20(12-19)26-23(27)14-29-24(28)13-18-8-4-7-17-6-2-3-11-21(17)18/h2-12,15H,13-14H2,1H3,(H,26,27). The summed E-state index contributed by atoms with van der Waals surface area (Å²) in [4.78, 5) is 28.9. The van der Waals surface area contributed by atoms with E-state index in [1.54, 1.807) is 17.4 Å². The van der Waals surface area contributed by atoms with Crippen molar-refractivity contribution in [3.05, 3.63) is 82.7 Å². The first-order chi connectivity index (χ1) is 14.6. The molecule has 5 nitrogen and oxygen atoms in total. The van der Waals surface area contributed by atoms with Crippen LogP contribution in [0.3, 0.4) is 0 Å². The Balaban J connectivity index is 1.34. The molecule has 4 aromatic rings.